The van der Waals surface area contributed by atoms with Gasteiger partial charge in [-0.25, -0.2) is 4.98 Å². The van der Waals surface area contributed by atoms with Crippen molar-refractivity contribution in [2.24, 2.45) is 0 Å². The number of rotatable bonds is 6. The van der Waals surface area contributed by atoms with Crippen LogP contribution in [0.25, 0.3) is 11.0 Å². The summed E-state index contributed by atoms with van der Waals surface area (Å²) in [7, 11) is 0. The maximum absolute atomic E-state index is 12.2. The summed E-state index contributed by atoms with van der Waals surface area (Å²) in [6, 6.07) is 16.0. The first kappa shape index (κ1) is 19.2. The van der Waals surface area contributed by atoms with Gasteiger partial charge in [0.05, 0.1) is 0 Å². The van der Waals surface area contributed by atoms with Crippen molar-refractivity contribution in [3.63, 3.8) is 0 Å². The van der Waals surface area contributed by atoms with Crippen molar-refractivity contribution in [3.8, 4) is 0 Å². The van der Waals surface area contributed by atoms with Gasteiger partial charge in [0.15, 0.2) is 0 Å². The predicted molar refractivity (Wildman–Crippen MR) is 106 cm³/mol. The quantitative estimate of drug-likeness (QED) is 0.689. The Balaban J connectivity index is 0.00000225. The lowest BCUT2D eigenvalue weighted by atomic mass is 10.1. The third-order valence-corrected chi connectivity index (χ3v) is 4.23. The molecular weight excluding hydrogens is 334 g/mol. The van der Waals surface area contributed by atoms with E-state index in [1.807, 2.05) is 19.1 Å². The average Bonchev–Trinajstić information content (AvgIpc) is 2.57. The maximum atomic E-state index is 12.2. The summed E-state index contributed by atoms with van der Waals surface area (Å²) in [4.78, 5) is 16.8. The van der Waals surface area contributed by atoms with Crippen molar-refractivity contribution in [3.05, 3.63) is 75.7 Å². The van der Waals surface area contributed by atoms with Gasteiger partial charge in [0.25, 0.3) is 5.56 Å². The van der Waals surface area contributed by atoms with Crippen LogP contribution in [0, 0.1) is 13.8 Å². The van der Waals surface area contributed by atoms with Gasteiger partial charge in [0, 0.05) is 30.2 Å². The van der Waals surface area contributed by atoms with Crippen LogP contribution in [-0.2, 0) is 13.0 Å². The fourth-order valence-corrected chi connectivity index (χ4v) is 3.00. The molecule has 25 heavy (non-hydrogen) atoms. The lowest BCUT2D eigenvalue weighted by Gasteiger charge is -2.12. The minimum absolute atomic E-state index is 0. The van der Waals surface area contributed by atoms with Crippen LogP contribution < -0.4 is 10.9 Å². The Bertz CT molecular complexity index is 891. The second-order valence-electron chi connectivity index (χ2n) is 6.13. The zero-order valence-corrected chi connectivity index (χ0v) is 15.5. The Morgan fingerprint density at radius 3 is 2.56 bits per heavy atom. The van der Waals surface area contributed by atoms with Crippen LogP contribution in [0.5, 0.6) is 0 Å². The van der Waals surface area contributed by atoms with E-state index in [-0.39, 0.29) is 18.0 Å². The average molecular weight is 358 g/mol. The summed E-state index contributed by atoms with van der Waals surface area (Å²) < 4.78 is 1.77. The minimum Gasteiger partial charge on any atom is -0.315 e. The molecule has 1 aromatic carbocycles. The zero-order valence-electron chi connectivity index (χ0n) is 14.7. The second-order valence-corrected chi connectivity index (χ2v) is 6.13. The van der Waals surface area contributed by atoms with Gasteiger partial charge in [-0.1, -0.05) is 30.3 Å². The smallest absolute Gasteiger partial charge is 0.252 e. The molecule has 4 nitrogen and oxygen atoms in total. The van der Waals surface area contributed by atoms with Gasteiger partial charge in [0.2, 0.25) is 0 Å². The molecule has 0 radical (unpaired) electrons. The molecule has 0 saturated heterocycles. The van der Waals surface area contributed by atoms with Gasteiger partial charge in [0.1, 0.15) is 5.65 Å². The third-order valence-electron chi connectivity index (χ3n) is 4.23. The number of aryl methyl sites for hydroxylation is 2. The van der Waals surface area contributed by atoms with Gasteiger partial charge in [-0.2, -0.15) is 0 Å². The Hall–Kier alpha value is -2.17. The molecule has 3 rings (SSSR count). The highest BCUT2D eigenvalue weighted by atomic mass is 35.5. The summed E-state index contributed by atoms with van der Waals surface area (Å²) in [6.07, 6.45) is 0.988. The molecule has 0 bridgehead atoms. The molecule has 0 amide bonds. The van der Waals surface area contributed by atoms with Crippen molar-refractivity contribution in [1.29, 1.82) is 0 Å². The van der Waals surface area contributed by atoms with Gasteiger partial charge < -0.3 is 5.32 Å². The van der Waals surface area contributed by atoms with Crippen LogP contribution in [0.15, 0.2) is 53.3 Å². The SMILES string of the molecule is Cc1cc(C)c2ccc(=O)n(CCNCCc3ccccc3)c2n1.Cl. The number of hydrogen-bond acceptors (Lipinski definition) is 3. The normalized spacial score (nSPS) is 10.6. The van der Waals surface area contributed by atoms with Crippen LogP contribution in [0.2, 0.25) is 0 Å². The highest BCUT2D eigenvalue weighted by Gasteiger charge is 2.07. The molecule has 0 aliphatic carbocycles. The van der Waals surface area contributed by atoms with Crippen LogP contribution in [0.4, 0.5) is 0 Å². The first-order valence-electron chi connectivity index (χ1n) is 8.37. The van der Waals surface area contributed by atoms with Crippen LogP contribution in [0.1, 0.15) is 16.8 Å². The van der Waals surface area contributed by atoms with Gasteiger partial charge >= 0.3 is 0 Å². The highest BCUT2D eigenvalue weighted by Crippen LogP contribution is 2.15. The molecule has 0 fully saturated rings. The molecular formula is C20H24ClN3O. The zero-order chi connectivity index (χ0) is 16.9. The van der Waals surface area contributed by atoms with E-state index in [4.69, 9.17) is 0 Å². The molecule has 3 aromatic rings. The lowest BCUT2D eigenvalue weighted by Crippen LogP contribution is -2.28. The number of benzene rings is 1. The van der Waals surface area contributed by atoms with Crippen LogP contribution in [0.3, 0.4) is 0 Å². The minimum atomic E-state index is 0. The molecule has 1 N–H and O–H groups in total. The molecule has 2 heterocycles. The summed E-state index contributed by atoms with van der Waals surface area (Å²) in [6.45, 7) is 6.30. The third kappa shape index (κ3) is 4.68. The molecule has 0 aliphatic heterocycles. The summed E-state index contributed by atoms with van der Waals surface area (Å²) in [5, 5.41) is 4.46. The first-order valence-corrected chi connectivity index (χ1v) is 8.37. The van der Waals surface area contributed by atoms with Crippen molar-refractivity contribution < 1.29 is 0 Å². The van der Waals surface area contributed by atoms with E-state index in [0.717, 1.165) is 41.8 Å². The lowest BCUT2D eigenvalue weighted by molar-refractivity contribution is 0.595. The van der Waals surface area contributed by atoms with Gasteiger partial charge in [-0.05, 0) is 50.1 Å². The van der Waals surface area contributed by atoms with E-state index in [2.05, 4.69) is 47.6 Å². The number of nitrogens with one attached hydrogen (secondary N) is 1. The maximum Gasteiger partial charge on any atom is 0.252 e. The topological polar surface area (TPSA) is 46.9 Å². The number of pyridine rings is 2. The van der Waals surface area contributed by atoms with Crippen LogP contribution in [-0.4, -0.2) is 22.6 Å². The second kappa shape index (κ2) is 8.79. The van der Waals surface area contributed by atoms with Crippen molar-refractivity contribution >= 4 is 23.4 Å². The van der Waals surface area contributed by atoms with Gasteiger partial charge in [-0.15, -0.1) is 12.4 Å². The predicted octanol–water partition coefficient (Wildman–Crippen LogP) is 3.27. The molecule has 0 saturated carbocycles. The highest BCUT2D eigenvalue weighted by molar-refractivity contribution is 5.85. The van der Waals surface area contributed by atoms with E-state index < -0.39 is 0 Å². The summed E-state index contributed by atoms with van der Waals surface area (Å²) in [5.74, 6) is 0. The van der Waals surface area contributed by atoms with E-state index in [1.165, 1.54) is 5.56 Å². The van der Waals surface area contributed by atoms with Crippen LogP contribution >= 0.6 is 12.4 Å². The van der Waals surface area contributed by atoms with Crippen molar-refractivity contribution in [2.75, 3.05) is 13.1 Å². The van der Waals surface area contributed by atoms with E-state index >= 15 is 0 Å². The first-order chi connectivity index (χ1) is 11.6. The number of halogens is 1. The molecule has 5 heteroatoms. The fraction of sp³-hybridized carbons (Fsp3) is 0.300. The standard InChI is InChI=1S/C20H23N3O.ClH/c1-15-14-16(2)22-20-18(15)8-9-19(24)23(20)13-12-21-11-10-17-6-4-3-5-7-17;/h3-9,14,21H,10-13H2,1-2H3;1H. The Kier molecular flexibility index (Phi) is 6.73. The Morgan fingerprint density at radius 2 is 1.80 bits per heavy atom. The van der Waals surface area contributed by atoms with Crippen molar-refractivity contribution in [2.45, 2.75) is 26.8 Å². The number of nitrogens with zero attached hydrogens (tertiary/aromatic N) is 2. The largest absolute Gasteiger partial charge is 0.315 e. The summed E-state index contributed by atoms with van der Waals surface area (Å²) in [5.41, 5.74) is 4.20. The number of hydrogen-bond donors (Lipinski definition) is 1. The molecule has 0 spiro atoms. The molecule has 0 aliphatic rings. The summed E-state index contributed by atoms with van der Waals surface area (Å²) >= 11 is 0. The number of aromatic nitrogens is 2. The molecule has 0 atom stereocenters. The molecule has 2 aromatic heterocycles. The monoisotopic (exact) mass is 357 g/mol. The fourth-order valence-electron chi connectivity index (χ4n) is 3.00. The molecule has 0 unspecified atom stereocenters. The van der Waals surface area contributed by atoms with E-state index in [9.17, 15) is 4.79 Å². The van der Waals surface area contributed by atoms with E-state index in [1.54, 1.807) is 10.6 Å². The van der Waals surface area contributed by atoms with E-state index in [0.29, 0.717) is 6.54 Å². The Labute approximate surface area is 154 Å². The van der Waals surface area contributed by atoms with Crippen molar-refractivity contribution in [1.82, 2.24) is 14.9 Å². The molecule has 132 valence electrons. The van der Waals surface area contributed by atoms with Gasteiger partial charge in [-0.3, -0.25) is 9.36 Å². The Morgan fingerprint density at radius 1 is 1.04 bits per heavy atom. The number of fused-ring (bicyclic) bond motifs is 1.